The lowest BCUT2D eigenvalue weighted by Crippen LogP contribution is -2.50. The van der Waals surface area contributed by atoms with Crippen LogP contribution < -0.4 is 0 Å². The van der Waals surface area contributed by atoms with E-state index in [1.165, 1.54) is 0 Å². The fourth-order valence-corrected chi connectivity index (χ4v) is 2.68. The van der Waals surface area contributed by atoms with Crippen molar-refractivity contribution in [2.75, 3.05) is 13.2 Å². The van der Waals surface area contributed by atoms with Crippen LogP contribution >= 0.6 is 11.6 Å². The van der Waals surface area contributed by atoms with E-state index in [-0.39, 0.29) is 6.61 Å². The molecule has 0 radical (unpaired) electrons. The summed E-state index contributed by atoms with van der Waals surface area (Å²) in [7, 11) is 0. The highest BCUT2D eigenvalue weighted by atomic mass is 35.5. The van der Waals surface area contributed by atoms with Gasteiger partial charge in [-0.3, -0.25) is 14.9 Å². The highest BCUT2D eigenvalue weighted by molar-refractivity contribution is 6.30. The molecule has 2 atom stereocenters. The molecule has 0 aromatic heterocycles. The maximum absolute atomic E-state index is 12.3. The molecule has 126 valence electrons. The molecule has 8 heteroatoms. The molecule has 1 fully saturated rings. The summed E-state index contributed by atoms with van der Waals surface area (Å²) in [4.78, 5) is 22.9. The molecule has 1 aromatic rings. The summed E-state index contributed by atoms with van der Waals surface area (Å²) in [5.41, 5.74) is 0.607. The number of ether oxygens (including phenoxy) is 3. The Labute approximate surface area is 138 Å². The number of hydrogen-bond acceptors (Lipinski definition) is 6. The molecule has 1 aliphatic heterocycles. The summed E-state index contributed by atoms with van der Waals surface area (Å²) < 4.78 is 15.9. The van der Waals surface area contributed by atoms with Gasteiger partial charge in [0.15, 0.2) is 12.6 Å². The zero-order chi connectivity index (χ0) is 17.0. The van der Waals surface area contributed by atoms with Gasteiger partial charge in [-0.15, -0.1) is 0 Å². The first-order chi connectivity index (χ1) is 10.9. The fraction of sp³-hybridized carbons (Fsp3) is 0.533. The molecule has 0 spiro atoms. The van der Waals surface area contributed by atoms with Crippen molar-refractivity contribution >= 4 is 17.6 Å². The zero-order valence-corrected chi connectivity index (χ0v) is 13.6. The molecular weight excluding hydrogens is 326 g/mol. The molecule has 1 aromatic carbocycles. The molecule has 23 heavy (non-hydrogen) atoms. The largest absolute Gasteiger partial charge is 0.466 e. The molecule has 0 aliphatic carbocycles. The van der Waals surface area contributed by atoms with E-state index < -0.39 is 41.9 Å². The number of esters is 1. The highest BCUT2D eigenvalue weighted by Crippen LogP contribution is 2.36. The molecule has 0 bridgehead atoms. The SMILES string of the molecule is CCOC(=O)C(C1OC(C)O1)[C@@H](C[N+](=O)[O-])c1ccc(Cl)cc1. The topological polar surface area (TPSA) is 87.9 Å². The minimum Gasteiger partial charge on any atom is -0.466 e. The van der Waals surface area contributed by atoms with Crippen LogP contribution in [0, 0.1) is 16.0 Å². The van der Waals surface area contributed by atoms with Crippen LogP contribution in [0.1, 0.15) is 25.3 Å². The molecule has 1 aliphatic rings. The Morgan fingerprint density at radius 3 is 2.48 bits per heavy atom. The number of nitrogens with zero attached hydrogens (tertiary/aromatic N) is 1. The van der Waals surface area contributed by atoms with Crippen molar-refractivity contribution in [3.8, 4) is 0 Å². The van der Waals surface area contributed by atoms with Gasteiger partial charge in [0.25, 0.3) is 0 Å². The molecule has 2 rings (SSSR count). The highest BCUT2D eigenvalue weighted by Gasteiger charge is 2.46. The van der Waals surface area contributed by atoms with E-state index in [2.05, 4.69) is 0 Å². The lowest BCUT2D eigenvalue weighted by molar-refractivity contribution is -0.488. The van der Waals surface area contributed by atoms with Crippen molar-refractivity contribution in [2.45, 2.75) is 32.3 Å². The number of halogens is 1. The predicted octanol–water partition coefficient (Wildman–Crippen LogP) is 2.60. The van der Waals surface area contributed by atoms with Crippen molar-refractivity contribution in [1.29, 1.82) is 0 Å². The number of carbonyl (C=O) groups excluding carboxylic acids is 1. The summed E-state index contributed by atoms with van der Waals surface area (Å²) >= 11 is 5.86. The molecule has 1 saturated heterocycles. The number of rotatable bonds is 7. The Kier molecular flexibility index (Phi) is 5.92. The van der Waals surface area contributed by atoms with E-state index in [0.29, 0.717) is 10.6 Å². The number of hydrogen-bond donors (Lipinski definition) is 0. The van der Waals surface area contributed by atoms with Crippen LogP contribution in [0.3, 0.4) is 0 Å². The van der Waals surface area contributed by atoms with Crippen molar-refractivity contribution in [3.63, 3.8) is 0 Å². The molecule has 0 saturated carbocycles. The van der Waals surface area contributed by atoms with Crippen molar-refractivity contribution in [3.05, 3.63) is 45.0 Å². The molecule has 0 N–H and O–H groups in total. The first kappa shape index (κ1) is 17.7. The summed E-state index contributed by atoms with van der Waals surface area (Å²) in [5, 5.41) is 11.6. The van der Waals surface area contributed by atoms with Gasteiger partial charge in [0.1, 0.15) is 5.92 Å². The van der Waals surface area contributed by atoms with Gasteiger partial charge in [0.05, 0.1) is 12.5 Å². The summed E-state index contributed by atoms with van der Waals surface area (Å²) in [6.45, 7) is 3.08. The maximum Gasteiger partial charge on any atom is 0.315 e. The van der Waals surface area contributed by atoms with Crippen molar-refractivity contribution < 1.29 is 23.9 Å². The van der Waals surface area contributed by atoms with Crippen LogP contribution in [0.5, 0.6) is 0 Å². The van der Waals surface area contributed by atoms with E-state index in [1.807, 2.05) is 0 Å². The number of carbonyl (C=O) groups is 1. The third-order valence-corrected chi connectivity index (χ3v) is 3.83. The standard InChI is InChI=1S/C15H18ClNO6/c1-3-21-14(18)13(15-22-9(2)23-15)12(8-17(19)20)10-4-6-11(16)7-5-10/h4-7,9,12-13,15H,3,8H2,1-2H3/t9?,12-,13?,15?/m0/s1. The molecule has 7 nitrogen and oxygen atoms in total. The van der Waals surface area contributed by atoms with E-state index in [4.69, 9.17) is 25.8 Å². The average Bonchev–Trinajstić information content (AvgIpc) is 2.45. The van der Waals surface area contributed by atoms with E-state index in [0.717, 1.165) is 0 Å². The van der Waals surface area contributed by atoms with Gasteiger partial charge in [-0.25, -0.2) is 0 Å². The Morgan fingerprint density at radius 1 is 1.39 bits per heavy atom. The first-order valence-corrected chi connectivity index (χ1v) is 7.65. The van der Waals surface area contributed by atoms with E-state index in [1.54, 1.807) is 38.1 Å². The number of benzene rings is 1. The third-order valence-electron chi connectivity index (χ3n) is 3.58. The van der Waals surface area contributed by atoms with Gasteiger partial charge in [0, 0.05) is 9.95 Å². The Balaban J connectivity index is 2.32. The smallest absolute Gasteiger partial charge is 0.315 e. The van der Waals surface area contributed by atoms with Gasteiger partial charge in [-0.2, -0.15) is 0 Å². The van der Waals surface area contributed by atoms with Crippen molar-refractivity contribution in [1.82, 2.24) is 0 Å². The lowest BCUT2D eigenvalue weighted by atomic mass is 9.85. The number of nitro groups is 1. The minimum atomic E-state index is -0.919. The second kappa shape index (κ2) is 7.72. The van der Waals surface area contributed by atoms with Gasteiger partial charge in [-0.1, -0.05) is 23.7 Å². The summed E-state index contributed by atoms with van der Waals surface area (Å²) in [6, 6.07) is 6.56. The molecule has 1 heterocycles. The Hall–Kier alpha value is -1.70. The summed E-state index contributed by atoms with van der Waals surface area (Å²) in [6.07, 6.45) is -1.30. The fourth-order valence-electron chi connectivity index (χ4n) is 2.56. The van der Waals surface area contributed by atoms with Crippen LogP contribution in [-0.2, 0) is 19.0 Å². The maximum atomic E-state index is 12.3. The van der Waals surface area contributed by atoms with E-state index >= 15 is 0 Å². The van der Waals surface area contributed by atoms with Gasteiger partial charge in [0.2, 0.25) is 6.54 Å². The normalized spacial score (nSPS) is 22.7. The minimum absolute atomic E-state index is 0.170. The quantitative estimate of drug-likeness (QED) is 0.429. The van der Waals surface area contributed by atoms with Crippen molar-refractivity contribution in [2.24, 2.45) is 5.92 Å². The Morgan fingerprint density at radius 2 is 2.00 bits per heavy atom. The van der Waals surface area contributed by atoms with Crippen LogP contribution in [0.2, 0.25) is 5.02 Å². The predicted molar refractivity (Wildman–Crippen MR) is 81.6 cm³/mol. The van der Waals surface area contributed by atoms with Gasteiger partial charge in [-0.05, 0) is 31.5 Å². The second-order valence-electron chi connectivity index (χ2n) is 5.16. The molecule has 1 unspecified atom stereocenters. The van der Waals surface area contributed by atoms with Crippen LogP contribution in [-0.4, -0.2) is 36.6 Å². The average molecular weight is 344 g/mol. The second-order valence-corrected chi connectivity index (χ2v) is 5.60. The summed E-state index contributed by atoms with van der Waals surface area (Å²) in [5.74, 6) is -2.23. The lowest BCUT2D eigenvalue weighted by Gasteiger charge is -2.39. The van der Waals surface area contributed by atoms with Crippen LogP contribution in [0.25, 0.3) is 0 Å². The van der Waals surface area contributed by atoms with Gasteiger partial charge < -0.3 is 14.2 Å². The zero-order valence-electron chi connectivity index (χ0n) is 12.8. The van der Waals surface area contributed by atoms with Gasteiger partial charge >= 0.3 is 5.97 Å². The monoisotopic (exact) mass is 343 g/mol. The van der Waals surface area contributed by atoms with Crippen LogP contribution in [0.15, 0.2) is 24.3 Å². The molecule has 0 amide bonds. The van der Waals surface area contributed by atoms with E-state index in [9.17, 15) is 14.9 Å². The first-order valence-electron chi connectivity index (χ1n) is 7.27. The Bertz CT molecular complexity index is 558. The molecular formula is C15H18ClNO6. The van der Waals surface area contributed by atoms with Crippen LogP contribution in [0.4, 0.5) is 0 Å². The third kappa shape index (κ3) is 4.40.